The molecule has 8 heteroatoms. The highest BCUT2D eigenvalue weighted by atomic mass is 35.5. The normalized spacial score (nSPS) is 11.5. The van der Waals surface area contributed by atoms with Gasteiger partial charge in [0, 0.05) is 30.8 Å². The molecule has 0 fully saturated rings. The zero-order valence-electron chi connectivity index (χ0n) is 16.0. The van der Waals surface area contributed by atoms with E-state index in [2.05, 4.69) is 5.32 Å². The first-order valence-electron chi connectivity index (χ1n) is 8.51. The van der Waals surface area contributed by atoms with Crippen molar-refractivity contribution in [1.82, 2.24) is 5.32 Å². The van der Waals surface area contributed by atoms with Gasteiger partial charge in [0.1, 0.15) is 17.4 Å². The van der Waals surface area contributed by atoms with Crippen LogP contribution in [0.4, 0.5) is 4.39 Å². The van der Waals surface area contributed by atoms with Gasteiger partial charge < -0.3 is 20.5 Å². The van der Waals surface area contributed by atoms with E-state index >= 15 is 0 Å². The third-order valence-corrected chi connectivity index (χ3v) is 3.83. The number of carbonyl (C=O) groups excluding carboxylic acids is 1. The Bertz CT molecular complexity index is 813. The first kappa shape index (κ1) is 23.4. The molecule has 2 rings (SSSR count). The average Bonchev–Trinajstić information content (AvgIpc) is 2.62. The van der Waals surface area contributed by atoms with Crippen LogP contribution in [0, 0.1) is 11.2 Å². The van der Waals surface area contributed by atoms with Crippen LogP contribution < -0.4 is 15.8 Å². The molecule has 152 valence electrons. The molecule has 0 heterocycles. The maximum Gasteiger partial charge on any atom is 0.254 e. The van der Waals surface area contributed by atoms with Crippen molar-refractivity contribution in [2.24, 2.45) is 5.73 Å². The van der Waals surface area contributed by atoms with Gasteiger partial charge in [-0.15, -0.1) is 12.4 Å². The number of rotatable bonds is 8. The first-order valence-corrected chi connectivity index (χ1v) is 8.51. The summed E-state index contributed by atoms with van der Waals surface area (Å²) in [6.07, 6.45) is -1.15. The molecule has 0 spiro atoms. The van der Waals surface area contributed by atoms with Crippen LogP contribution in [-0.4, -0.2) is 25.0 Å². The van der Waals surface area contributed by atoms with Crippen molar-refractivity contribution in [1.29, 1.82) is 5.41 Å². The zero-order valence-corrected chi connectivity index (χ0v) is 16.8. The molecule has 0 aromatic heterocycles. The summed E-state index contributed by atoms with van der Waals surface area (Å²) in [7, 11) is 1.35. The molecule has 28 heavy (non-hydrogen) atoms. The van der Waals surface area contributed by atoms with Gasteiger partial charge in [-0.3, -0.25) is 10.2 Å². The fourth-order valence-corrected chi connectivity index (χ4v) is 2.53. The number of nitrogens with one attached hydrogen (secondary N) is 2. The molecule has 0 aliphatic carbocycles. The van der Waals surface area contributed by atoms with Gasteiger partial charge in [0.15, 0.2) is 6.10 Å². The second-order valence-electron chi connectivity index (χ2n) is 6.29. The van der Waals surface area contributed by atoms with Crippen molar-refractivity contribution in [2.75, 3.05) is 7.11 Å². The van der Waals surface area contributed by atoms with Gasteiger partial charge in [-0.25, -0.2) is 4.39 Å². The molecule has 1 amide bonds. The summed E-state index contributed by atoms with van der Waals surface area (Å²) in [5.74, 6) is -0.650. The van der Waals surface area contributed by atoms with Crippen molar-refractivity contribution < 1.29 is 18.7 Å². The molecule has 0 aliphatic rings. The molecule has 0 radical (unpaired) electrons. The van der Waals surface area contributed by atoms with Gasteiger partial charge in [0.05, 0.1) is 6.10 Å². The van der Waals surface area contributed by atoms with Gasteiger partial charge in [0.2, 0.25) is 0 Å². The summed E-state index contributed by atoms with van der Waals surface area (Å²) >= 11 is 0. The molecule has 2 aromatic rings. The van der Waals surface area contributed by atoms with Gasteiger partial charge in [-0.1, -0.05) is 24.3 Å². The fraction of sp³-hybridized carbons (Fsp3) is 0.300. The number of amidine groups is 1. The van der Waals surface area contributed by atoms with Gasteiger partial charge in [0.25, 0.3) is 5.91 Å². The lowest BCUT2D eigenvalue weighted by molar-refractivity contribution is -0.131. The van der Waals surface area contributed by atoms with E-state index in [1.165, 1.54) is 19.2 Å². The number of carbonyl (C=O) groups is 1. The predicted molar refractivity (Wildman–Crippen MR) is 108 cm³/mol. The number of nitrogen functional groups attached to an aromatic ring is 1. The highest BCUT2D eigenvalue weighted by molar-refractivity contribution is 5.94. The molecule has 0 saturated heterocycles. The monoisotopic (exact) mass is 409 g/mol. The summed E-state index contributed by atoms with van der Waals surface area (Å²) < 4.78 is 25.1. The van der Waals surface area contributed by atoms with Crippen molar-refractivity contribution in [3.63, 3.8) is 0 Å². The second kappa shape index (κ2) is 10.6. The lowest BCUT2D eigenvalue weighted by Gasteiger charge is -2.18. The van der Waals surface area contributed by atoms with Crippen LogP contribution in [0.25, 0.3) is 0 Å². The van der Waals surface area contributed by atoms with E-state index in [4.69, 9.17) is 20.6 Å². The van der Waals surface area contributed by atoms with Gasteiger partial charge in [-0.2, -0.15) is 0 Å². The Hall–Kier alpha value is -2.64. The van der Waals surface area contributed by atoms with Crippen LogP contribution in [0.2, 0.25) is 0 Å². The Morgan fingerprint density at radius 3 is 2.36 bits per heavy atom. The van der Waals surface area contributed by atoms with E-state index in [-0.39, 0.29) is 36.5 Å². The van der Waals surface area contributed by atoms with Gasteiger partial charge >= 0.3 is 0 Å². The van der Waals surface area contributed by atoms with Crippen LogP contribution in [-0.2, 0) is 16.1 Å². The minimum atomic E-state index is -1.07. The van der Waals surface area contributed by atoms with Crippen molar-refractivity contribution in [3.8, 4) is 5.75 Å². The smallest absolute Gasteiger partial charge is 0.254 e. The molecule has 2 aromatic carbocycles. The third-order valence-electron chi connectivity index (χ3n) is 3.83. The topological polar surface area (TPSA) is 97.4 Å². The molecule has 1 atom stereocenters. The van der Waals surface area contributed by atoms with E-state index in [9.17, 15) is 9.18 Å². The zero-order chi connectivity index (χ0) is 20.0. The van der Waals surface area contributed by atoms with Gasteiger partial charge in [-0.05, 0) is 31.5 Å². The summed E-state index contributed by atoms with van der Waals surface area (Å²) in [6, 6.07) is 11.3. The maximum atomic E-state index is 14.4. The first-order chi connectivity index (χ1) is 12.8. The van der Waals surface area contributed by atoms with Crippen LogP contribution in [0.15, 0.2) is 42.5 Å². The number of hydrogen-bond donors (Lipinski definition) is 3. The summed E-state index contributed by atoms with van der Waals surface area (Å²) in [5.41, 5.74) is 6.97. The fourth-order valence-electron chi connectivity index (χ4n) is 2.53. The lowest BCUT2D eigenvalue weighted by Crippen LogP contribution is -2.30. The maximum absolute atomic E-state index is 14.4. The molecule has 0 saturated carbocycles. The summed E-state index contributed by atoms with van der Waals surface area (Å²) in [5, 5.41) is 10.1. The minimum absolute atomic E-state index is 0. The highest BCUT2D eigenvalue weighted by Crippen LogP contribution is 2.25. The summed E-state index contributed by atoms with van der Waals surface area (Å²) in [6.45, 7) is 3.94. The van der Waals surface area contributed by atoms with E-state index in [1.807, 2.05) is 13.8 Å². The van der Waals surface area contributed by atoms with E-state index < -0.39 is 17.8 Å². The number of benzene rings is 2. The largest absolute Gasteiger partial charge is 0.491 e. The van der Waals surface area contributed by atoms with E-state index in [1.54, 1.807) is 30.3 Å². The Morgan fingerprint density at radius 2 is 1.86 bits per heavy atom. The Kier molecular flexibility index (Phi) is 8.88. The molecule has 0 aliphatic heterocycles. The van der Waals surface area contributed by atoms with Crippen LogP contribution in [0.1, 0.15) is 36.6 Å². The third kappa shape index (κ3) is 6.21. The second-order valence-corrected chi connectivity index (χ2v) is 6.29. The quantitative estimate of drug-likeness (QED) is 0.460. The molecule has 4 N–H and O–H groups in total. The average molecular weight is 410 g/mol. The van der Waals surface area contributed by atoms with E-state index in [0.29, 0.717) is 11.3 Å². The van der Waals surface area contributed by atoms with Crippen molar-refractivity contribution in [2.45, 2.75) is 32.6 Å². The molecule has 0 bridgehead atoms. The van der Waals surface area contributed by atoms with Crippen molar-refractivity contribution >= 4 is 24.1 Å². The van der Waals surface area contributed by atoms with Crippen LogP contribution in [0.5, 0.6) is 5.75 Å². The van der Waals surface area contributed by atoms with Crippen LogP contribution in [0.3, 0.4) is 0 Å². The highest BCUT2D eigenvalue weighted by Gasteiger charge is 2.23. The number of halogens is 2. The SMILES string of the molecule is CO[C@H](C(=O)NCc1ccc(C(=N)N)cc1)c1ccc(OC(C)C)cc1F.Cl. The molecule has 0 unspecified atom stereocenters. The Morgan fingerprint density at radius 1 is 1.21 bits per heavy atom. The summed E-state index contributed by atoms with van der Waals surface area (Å²) in [4.78, 5) is 12.4. The molecular formula is C20H25ClFN3O3. The lowest BCUT2D eigenvalue weighted by atomic mass is 10.1. The predicted octanol–water partition coefficient (Wildman–Crippen LogP) is 3.32. The number of amides is 1. The number of ether oxygens (including phenoxy) is 2. The Labute approximate surface area is 170 Å². The number of methoxy groups -OCH3 is 1. The van der Waals surface area contributed by atoms with Crippen LogP contribution >= 0.6 is 12.4 Å². The number of nitrogens with two attached hydrogens (primary N) is 1. The standard InChI is InChI=1S/C20H24FN3O3.ClH/c1-12(2)27-15-8-9-16(17(21)10-15)18(26-3)20(25)24-11-13-4-6-14(7-5-13)19(22)23;/h4-10,12,18H,11H2,1-3H3,(H3,22,23)(H,24,25);1H/t18-;/m0./s1. The minimum Gasteiger partial charge on any atom is -0.491 e. The van der Waals surface area contributed by atoms with Crippen molar-refractivity contribution in [3.05, 3.63) is 65.0 Å². The molecule has 6 nitrogen and oxygen atoms in total. The van der Waals surface area contributed by atoms with E-state index in [0.717, 1.165) is 5.56 Å². The number of hydrogen-bond acceptors (Lipinski definition) is 4. The molecular weight excluding hydrogens is 385 g/mol. The Balaban J connectivity index is 0.00000392.